The van der Waals surface area contributed by atoms with E-state index in [4.69, 9.17) is 0 Å². The molecule has 0 aromatic carbocycles. The Morgan fingerprint density at radius 1 is 1.23 bits per heavy atom. The van der Waals surface area contributed by atoms with Crippen LogP contribution in [0, 0.1) is 23.2 Å². The maximum atomic E-state index is 10.1. The lowest BCUT2D eigenvalue weighted by Gasteiger charge is -2.44. The summed E-state index contributed by atoms with van der Waals surface area (Å²) in [7, 11) is 0. The molecule has 3 aliphatic carbocycles. The molecule has 2 unspecified atom stereocenters. The summed E-state index contributed by atoms with van der Waals surface area (Å²) in [4.78, 5) is 0. The smallest absolute Gasteiger partial charge is 0.0811 e. The Morgan fingerprint density at radius 3 is 2.67 bits per heavy atom. The first kappa shape index (κ1) is 23.8. The Balaban J connectivity index is 1.70. The SMILES string of the molecule is C=C1/C(=C\C=C2/CCC[C@]3(C)C(C(C)CCCC(C)(C)O)CC[C@@H]23)C[C@@H](O)C[C@@H]1O. The first-order valence-corrected chi connectivity index (χ1v) is 12.2. The highest BCUT2D eigenvalue weighted by Gasteiger charge is 2.50. The number of rotatable bonds is 6. The molecule has 3 N–H and O–H groups in total. The normalized spacial score (nSPS) is 38.8. The molecule has 30 heavy (non-hydrogen) atoms. The van der Waals surface area contributed by atoms with Gasteiger partial charge < -0.3 is 15.3 Å². The molecule has 3 rings (SSSR count). The van der Waals surface area contributed by atoms with Crippen LogP contribution < -0.4 is 0 Å². The molecule has 3 fully saturated rings. The Labute approximate surface area is 184 Å². The van der Waals surface area contributed by atoms with Crippen molar-refractivity contribution in [1.29, 1.82) is 0 Å². The molecular weight excluding hydrogens is 372 g/mol. The van der Waals surface area contributed by atoms with Crippen molar-refractivity contribution in [3.8, 4) is 0 Å². The largest absolute Gasteiger partial charge is 0.393 e. The Kier molecular flexibility index (Phi) is 7.37. The highest BCUT2D eigenvalue weighted by Crippen LogP contribution is 2.60. The Bertz CT molecular complexity index is 683. The number of hydrogen-bond acceptors (Lipinski definition) is 3. The van der Waals surface area contributed by atoms with Gasteiger partial charge in [0.2, 0.25) is 0 Å². The number of hydrogen-bond donors (Lipinski definition) is 3. The second-order valence-corrected chi connectivity index (χ2v) is 11.3. The van der Waals surface area contributed by atoms with Crippen LogP contribution in [0.25, 0.3) is 0 Å². The summed E-state index contributed by atoms with van der Waals surface area (Å²) in [6.45, 7) is 12.8. The maximum absolute atomic E-state index is 10.1. The Morgan fingerprint density at radius 2 is 1.97 bits per heavy atom. The van der Waals surface area contributed by atoms with E-state index in [2.05, 4.69) is 32.6 Å². The van der Waals surface area contributed by atoms with Gasteiger partial charge in [-0.1, -0.05) is 51.0 Å². The molecule has 6 atom stereocenters. The zero-order chi connectivity index (χ0) is 22.1. The molecule has 0 radical (unpaired) electrons. The van der Waals surface area contributed by atoms with E-state index < -0.39 is 17.8 Å². The van der Waals surface area contributed by atoms with Crippen LogP contribution in [0.5, 0.6) is 0 Å². The van der Waals surface area contributed by atoms with Gasteiger partial charge in [-0.05, 0) is 93.1 Å². The number of fused-ring (bicyclic) bond motifs is 1. The second kappa shape index (κ2) is 9.30. The molecule has 3 aliphatic rings. The van der Waals surface area contributed by atoms with Crippen LogP contribution in [0.1, 0.15) is 91.9 Å². The molecular formula is C27H44O3. The van der Waals surface area contributed by atoms with Crippen molar-refractivity contribution >= 4 is 0 Å². The highest BCUT2D eigenvalue weighted by atomic mass is 16.3. The van der Waals surface area contributed by atoms with E-state index in [1.165, 1.54) is 38.5 Å². The van der Waals surface area contributed by atoms with Gasteiger partial charge in [-0.2, -0.15) is 0 Å². The number of aliphatic hydroxyl groups excluding tert-OH is 2. The fourth-order valence-corrected chi connectivity index (χ4v) is 6.74. The molecule has 0 amide bonds. The van der Waals surface area contributed by atoms with Crippen LogP contribution in [0.3, 0.4) is 0 Å². The van der Waals surface area contributed by atoms with E-state index in [0.29, 0.717) is 30.1 Å². The summed E-state index contributed by atoms with van der Waals surface area (Å²) in [5, 5.41) is 30.2. The van der Waals surface area contributed by atoms with Crippen molar-refractivity contribution < 1.29 is 15.3 Å². The van der Waals surface area contributed by atoms with Gasteiger partial charge in [0, 0.05) is 6.42 Å². The molecule has 0 heterocycles. The van der Waals surface area contributed by atoms with Crippen LogP contribution in [0.2, 0.25) is 0 Å². The average Bonchev–Trinajstić information content (AvgIpc) is 3.00. The molecule has 0 spiro atoms. The Hall–Kier alpha value is -0.900. The molecule has 170 valence electrons. The van der Waals surface area contributed by atoms with Crippen LogP contribution in [-0.4, -0.2) is 33.1 Å². The number of allylic oxidation sites excluding steroid dienone is 3. The fourth-order valence-electron chi connectivity index (χ4n) is 6.74. The molecule has 0 aromatic rings. The lowest BCUT2D eigenvalue weighted by Crippen LogP contribution is -2.36. The average molecular weight is 417 g/mol. The first-order chi connectivity index (χ1) is 14.0. The summed E-state index contributed by atoms with van der Waals surface area (Å²) in [6.07, 6.45) is 13.9. The van der Waals surface area contributed by atoms with Crippen LogP contribution in [0.15, 0.2) is 35.5 Å². The van der Waals surface area contributed by atoms with Gasteiger partial charge in [-0.15, -0.1) is 0 Å². The van der Waals surface area contributed by atoms with Crippen molar-refractivity contribution in [3.05, 3.63) is 35.5 Å². The molecule has 0 aromatic heterocycles. The van der Waals surface area contributed by atoms with Crippen LogP contribution in [0.4, 0.5) is 0 Å². The molecule has 0 bridgehead atoms. The predicted octanol–water partition coefficient (Wildman–Crippen LogP) is 5.70. The van der Waals surface area contributed by atoms with Gasteiger partial charge >= 0.3 is 0 Å². The quantitative estimate of drug-likeness (QED) is 0.520. The van der Waals surface area contributed by atoms with Crippen molar-refractivity contribution in [2.45, 2.75) is 110 Å². The van der Waals surface area contributed by atoms with E-state index in [0.717, 1.165) is 29.9 Å². The van der Waals surface area contributed by atoms with Gasteiger partial charge in [0.15, 0.2) is 0 Å². The first-order valence-electron chi connectivity index (χ1n) is 12.2. The van der Waals surface area contributed by atoms with Crippen molar-refractivity contribution in [2.75, 3.05) is 0 Å². The van der Waals surface area contributed by atoms with Gasteiger partial charge in [0.1, 0.15) is 0 Å². The minimum absolute atomic E-state index is 0.374. The lowest BCUT2D eigenvalue weighted by molar-refractivity contribution is 0.0596. The predicted molar refractivity (Wildman–Crippen MR) is 124 cm³/mol. The van der Waals surface area contributed by atoms with E-state index in [1.54, 1.807) is 5.57 Å². The van der Waals surface area contributed by atoms with Crippen molar-refractivity contribution in [3.63, 3.8) is 0 Å². The zero-order valence-electron chi connectivity index (χ0n) is 19.7. The third-order valence-electron chi connectivity index (χ3n) is 8.44. The lowest BCUT2D eigenvalue weighted by atomic mass is 9.60. The summed E-state index contributed by atoms with van der Waals surface area (Å²) >= 11 is 0. The molecule has 0 saturated heterocycles. The third-order valence-corrected chi connectivity index (χ3v) is 8.44. The van der Waals surface area contributed by atoms with Gasteiger partial charge in [0.25, 0.3) is 0 Å². The van der Waals surface area contributed by atoms with E-state index in [1.807, 2.05) is 13.8 Å². The molecule has 3 heteroatoms. The zero-order valence-corrected chi connectivity index (χ0v) is 19.7. The van der Waals surface area contributed by atoms with E-state index in [-0.39, 0.29) is 0 Å². The fraction of sp³-hybridized carbons (Fsp3) is 0.778. The maximum Gasteiger partial charge on any atom is 0.0811 e. The second-order valence-electron chi connectivity index (χ2n) is 11.3. The van der Waals surface area contributed by atoms with E-state index in [9.17, 15) is 15.3 Å². The van der Waals surface area contributed by atoms with Crippen LogP contribution >= 0.6 is 0 Å². The molecule has 0 aliphatic heterocycles. The minimum atomic E-state index is -0.615. The summed E-state index contributed by atoms with van der Waals surface area (Å²) in [6, 6.07) is 0. The summed E-state index contributed by atoms with van der Waals surface area (Å²) in [5.41, 5.74) is 3.17. The summed E-state index contributed by atoms with van der Waals surface area (Å²) < 4.78 is 0. The van der Waals surface area contributed by atoms with Crippen molar-refractivity contribution in [2.24, 2.45) is 23.2 Å². The standard InChI is InChI=1S/C27H44O3/c1-18(8-6-14-26(3,4)30)23-12-13-24-20(9-7-15-27(23,24)5)10-11-21-16-22(28)17-25(29)19(21)2/h10-11,18,22-25,28-30H,2,6-9,12-17H2,1,3-5H3/b20-10+,21-11-/t18?,22-,23?,24+,25+,27-/m1/s1. The van der Waals surface area contributed by atoms with Gasteiger partial charge in [0.05, 0.1) is 17.8 Å². The molecule has 3 saturated carbocycles. The van der Waals surface area contributed by atoms with Gasteiger partial charge in [-0.25, -0.2) is 0 Å². The van der Waals surface area contributed by atoms with E-state index >= 15 is 0 Å². The highest BCUT2D eigenvalue weighted by molar-refractivity contribution is 5.38. The summed E-state index contributed by atoms with van der Waals surface area (Å²) in [5.74, 6) is 2.11. The monoisotopic (exact) mass is 416 g/mol. The van der Waals surface area contributed by atoms with Gasteiger partial charge in [-0.3, -0.25) is 0 Å². The third kappa shape index (κ3) is 5.29. The van der Waals surface area contributed by atoms with Crippen LogP contribution in [-0.2, 0) is 0 Å². The van der Waals surface area contributed by atoms with Crippen molar-refractivity contribution in [1.82, 2.24) is 0 Å². The number of aliphatic hydroxyl groups is 3. The minimum Gasteiger partial charge on any atom is -0.393 e. The molecule has 3 nitrogen and oxygen atoms in total. The topological polar surface area (TPSA) is 60.7 Å².